The van der Waals surface area contributed by atoms with E-state index in [9.17, 15) is 9.59 Å². The van der Waals surface area contributed by atoms with Crippen molar-refractivity contribution >= 4 is 34.6 Å². The standard InChI is InChI=1S/C26H27N3O4S/c1-2-32-25(31)17-8-11-19(12-9-17)27-26-29(20-6-4-3-5-7-20)22(16-34-26)18-10-13-23-21(14-18)28-24(30)15-33-23/h8-14,16,20H,2-7,15H2,1H3,(H,28,30). The maximum atomic E-state index is 12.0. The van der Waals surface area contributed by atoms with Crippen LogP contribution in [-0.4, -0.2) is 29.7 Å². The number of carbonyl (C=O) groups excluding carboxylic acids is 2. The van der Waals surface area contributed by atoms with Crippen molar-refractivity contribution in [1.29, 1.82) is 0 Å². The lowest BCUT2D eigenvalue weighted by Gasteiger charge is -2.26. The van der Waals surface area contributed by atoms with Gasteiger partial charge in [-0.1, -0.05) is 19.3 Å². The van der Waals surface area contributed by atoms with Gasteiger partial charge in [-0.25, -0.2) is 9.79 Å². The molecule has 0 bridgehead atoms. The van der Waals surface area contributed by atoms with Crippen LogP contribution >= 0.6 is 11.3 Å². The number of nitrogens with one attached hydrogen (secondary N) is 1. The average molecular weight is 478 g/mol. The Bertz CT molecular complexity index is 1270. The highest BCUT2D eigenvalue weighted by Crippen LogP contribution is 2.36. The van der Waals surface area contributed by atoms with Gasteiger partial charge >= 0.3 is 5.97 Å². The first-order chi connectivity index (χ1) is 16.6. The summed E-state index contributed by atoms with van der Waals surface area (Å²) in [7, 11) is 0. The van der Waals surface area contributed by atoms with E-state index in [1.807, 2.05) is 30.3 Å². The number of fused-ring (bicyclic) bond motifs is 1. The average Bonchev–Trinajstić information content (AvgIpc) is 3.28. The fourth-order valence-electron chi connectivity index (χ4n) is 4.54. The van der Waals surface area contributed by atoms with E-state index < -0.39 is 0 Å². The molecule has 1 saturated carbocycles. The van der Waals surface area contributed by atoms with Gasteiger partial charge in [0.05, 0.1) is 29.2 Å². The molecule has 2 aromatic carbocycles. The molecule has 1 aliphatic heterocycles. The number of hydrogen-bond donors (Lipinski definition) is 1. The monoisotopic (exact) mass is 477 g/mol. The number of anilines is 1. The highest BCUT2D eigenvalue weighted by atomic mass is 32.1. The van der Waals surface area contributed by atoms with Gasteiger partial charge in [0, 0.05) is 17.0 Å². The van der Waals surface area contributed by atoms with Crippen LogP contribution in [0, 0.1) is 0 Å². The summed E-state index contributed by atoms with van der Waals surface area (Å²) in [5.41, 5.74) is 4.11. The molecule has 1 aromatic heterocycles. The Balaban J connectivity index is 1.54. The normalized spacial score (nSPS) is 16.5. The van der Waals surface area contributed by atoms with Crippen LogP contribution in [0.25, 0.3) is 11.3 Å². The van der Waals surface area contributed by atoms with E-state index in [0.29, 0.717) is 29.6 Å². The third-order valence-electron chi connectivity index (χ3n) is 6.19. The van der Waals surface area contributed by atoms with Crippen LogP contribution in [0.1, 0.15) is 55.4 Å². The zero-order valence-corrected chi connectivity index (χ0v) is 19.9. The Hall–Kier alpha value is -3.39. The number of ether oxygens (including phenoxy) is 2. The minimum atomic E-state index is -0.326. The maximum absolute atomic E-state index is 12.0. The number of aromatic nitrogens is 1. The molecule has 1 fully saturated rings. The predicted octanol–water partition coefficient (Wildman–Crippen LogP) is 5.46. The largest absolute Gasteiger partial charge is 0.482 e. The smallest absolute Gasteiger partial charge is 0.338 e. The number of amides is 1. The SMILES string of the molecule is CCOC(=O)c1ccc(N=c2scc(-c3ccc4c(c3)NC(=O)CO4)n2C2CCCCC2)cc1. The Morgan fingerprint density at radius 2 is 1.97 bits per heavy atom. The maximum Gasteiger partial charge on any atom is 0.338 e. The second-order valence-electron chi connectivity index (χ2n) is 8.49. The molecule has 8 heteroatoms. The molecular weight excluding hydrogens is 450 g/mol. The van der Waals surface area contributed by atoms with Crippen molar-refractivity contribution in [3.8, 4) is 17.0 Å². The van der Waals surface area contributed by atoms with Crippen LogP contribution in [0.15, 0.2) is 52.8 Å². The Kier molecular flexibility index (Phi) is 6.49. The van der Waals surface area contributed by atoms with Crippen molar-refractivity contribution in [2.24, 2.45) is 4.99 Å². The Labute approximate surface area is 202 Å². The number of rotatable bonds is 5. The number of nitrogens with zero attached hydrogens (tertiary/aromatic N) is 2. The molecule has 0 saturated heterocycles. The van der Waals surface area contributed by atoms with E-state index in [1.54, 1.807) is 30.4 Å². The van der Waals surface area contributed by atoms with Gasteiger partial charge in [0.1, 0.15) is 5.75 Å². The quantitative estimate of drug-likeness (QED) is 0.495. The minimum Gasteiger partial charge on any atom is -0.482 e. The van der Waals surface area contributed by atoms with E-state index >= 15 is 0 Å². The zero-order chi connectivity index (χ0) is 23.5. The molecule has 1 aliphatic carbocycles. The molecule has 3 aromatic rings. The summed E-state index contributed by atoms with van der Waals surface area (Å²) < 4.78 is 13.0. The number of esters is 1. The summed E-state index contributed by atoms with van der Waals surface area (Å²) in [6.45, 7) is 2.19. The number of benzene rings is 2. The summed E-state index contributed by atoms with van der Waals surface area (Å²) in [6.07, 6.45) is 5.90. The molecule has 2 heterocycles. The molecule has 1 N–H and O–H groups in total. The topological polar surface area (TPSA) is 81.9 Å². The van der Waals surface area contributed by atoms with E-state index in [2.05, 4.69) is 15.3 Å². The number of hydrogen-bond acceptors (Lipinski definition) is 6. The van der Waals surface area contributed by atoms with Crippen molar-refractivity contribution in [2.45, 2.75) is 45.1 Å². The lowest BCUT2D eigenvalue weighted by Crippen LogP contribution is -2.25. The second kappa shape index (κ2) is 9.85. The molecule has 176 valence electrons. The number of thiazole rings is 1. The third-order valence-corrected chi connectivity index (χ3v) is 7.03. The van der Waals surface area contributed by atoms with Gasteiger partial charge in [-0.05, 0) is 62.2 Å². The molecule has 5 rings (SSSR count). The molecule has 0 radical (unpaired) electrons. The highest BCUT2D eigenvalue weighted by molar-refractivity contribution is 7.07. The van der Waals surface area contributed by atoms with Gasteiger partial charge in [-0.3, -0.25) is 4.79 Å². The summed E-state index contributed by atoms with van der Waals surface area (Å²) in [5, 5.41) is 5.04. The Morgan fingerprint density at radius 3 is 2.74 bits per heavy atom. The van der Waals surface area contributed by atoms with Crippen molar-refractivity contribution in [2.75, 3.05) is 18.5 Å². The van der Waals surface area contributed by atoms with Crippen molar-refractivity contribution in [3.05, 3.63) is 58.2 Å². The van der Waals surface area contributed by atoms with Gasteiger partial charge in [-0.15, -0.1) is 11.3 Å². The van der Waals surface area contributed by atoms with Gasteiger partial charge in [-0.2, -0.15) is 0 Å². The van der Waals surface area contributed by atoms with Gasteiger partial charge in [0.2, 0.25) is 0 Å². The summed E-state index contributed by atoms with van der Waals surface area (Å²) >= 11 is 1.60. The molecule has 2 aliphatic rings. The van der Waals surface area contributed by atoms with Crippen molar-refractivity contribution in [1.82, 2.24) is 4.57 Å². The third kappa shape index (κ3) is 4.63. The van der Waals surface area contributed by atoms with E-state index in [0.717, 1.165) is 34.6 Å². The summed E-state index contributed by atoms with van der Waals surface area (Å²) in [6, 6.07) is 13.5. The summed E-state index contributed by atoms with van der Waals surface area (Å²) in [4.78, 5) is 29.6. The van der Waals surface area contributed by atoms with Gasteiger partial charge < -0.3 is 19.4 Å². The van der Waals surface area contributed by atoms with E-state index in [-0.39, 0.29) is 18.5 Å². The first kappa shape index (κ1) is 22.4. The van der Waals surface area contributed by atoms with Crippen LogP contribution in [0.4, 0.5) is 11.4 Å². The minimum absolute atomic E-state index is 0.0465. The van der Waals surface area contributed by atoms with Crippen LogP contribution < -0.4 is 14.9 Å². The van der Waals surface area contributed by atoms with Crippen molar-refractivity contribution in [3.63, 3.8) is 0 Å². The van der Waals surface area contributed by atoms with Crippen LogP contribution in [0.5, 0.6) is 5.75 Å². The fraction of sp³-hybridized carbons (Fsp3) is 0.346. The molecule has 0 unspecified atom stereocenters. The highest BCUT2D eigenvalue weighted by Gasteiger charge is 2.22. The molecular formula is C26H27N3O4S. The molecule has 0 atom stereocenters. The first-order valence-electron chi connectivity index (χ1n) is 11.7. The molecule has 0 spiro atoms. The molecule has 1 amide bonds. The first-order valence-corrected chi connectivity index (χ1v) is 12.6. The summed E-state index contributed by atoms with van der Waals surface area (Å²) in [5.74, 6) is 0.222. The molecule has 34 heavy (non-hydrogen) atoms. The van der Waals surface area contributed by atoms with Gasteiger partial charge in [0.25, 0.3) is 5.91 Å². The van der Waals surface area contributed by atoms with E-state index in [4.69, 9.17) is 14.5 Å². The zero-order valence-electron chi connectivity index (χ0n) is 19.1. The number of carbonyl (C=O) groups is 2. The molecule has 7 nitrogen and oxygen atoms in total. The van der Waals surface area contributed by atoms with Crippen molar-refractivity contribution < 1.29 is 19.1 Å². The van der Waals surface area contributed by atoms with E-state index in [1.165, 1.54) is 19.3 Å². The Morgan fingerprint density at radius 1 is 1.18 bits per heavy atom. The van der Waals surface area contributed by atoms with Gasteiger partial charge in [0.15, 0.2) is 11.4 Å². The van der Waals surface area contributed by atoms with Crippen LogP contribution in [-0.2, 0) is 9.53 Å². The fourth-order valence-corrected chi connectivity index (χ4v) is 5.53. The lowest BCUT2D eigenvalue weighted by atomic mass is 9.95. The second-order valence-corrected chi connectivity index (χ2v) is 9.33. The lowest BCUT2D eigenvalue weighted by molar-refractivity contribution is -0.118. The van der Waals surface area contributed by atoms with Crippen LogP contribution in [0.2, 0.25) is 0 Å². The van der Waals surface area contributed by atoms with Crippen LogP contribution in [0.3, 0.4) is 0 Å². The predicted molar refractivity (Wildman–Crippen MR) is 132 cm³/mol.